The van der Waals surface area contributed by atoms with Crippen molar-refractivity contribution in [2.24, 2.45) is 0 Å². The van der Waals surface area contributed by atoms with Crippen molar-refractivity contribution in [2.45, 2.75) is 0 Å². The Labute approximate surface area is 113 Å². The van der Waals surface area contributed by atoms with Gasteiger partial charge in [0.15, 0.2) is 0 Å². The lowest BCUT2D eigenvalue weighted by molar-refractivity contribution is 0.102. The molecule has 0 aliphatic heterocycles. The van der Waals surface area contributed by atoms with E-state index >= 15 is 0 Å². The van der Waals surface area contributed by atoms with Gasteiger partial charge in [-0.3, -0.25) is 4.79 Å². The SMILES string of the molecule is O=C(Nc1cc(Cl)ccc1F)c1cccc(Cl)n1. The molecule has 0 bridgehead atoms. The van der Waals surface area contributed by atoms with Gasteiger partial charge in [0.2, 0.25) is 0 Å². The summed E-state index contributed by atoms with van der Waals surface area (Å²) in [6, 6.07) is 8.48. The number of carbonyl (C=O) groups is 1. The summed E-state index contributed by atoms with van der Waals surface area (Å²) in [5, 5.41) is 2.89. The van der Waals surface area contributed by atoms with Crippen molar-refractivity contribution < 1.29 is 9.18 Å². The normalized spacial score (nSPS) is 10.2. The lowest BCUT2D eigenvalue weighted by Crippen LogP contribution is -2.14. The Balaban J connectivity index is 2.24. The first-order valence-electron chi connectivity index (χ1n) is 4.95. The molecule has 92 valence electrons. The van der Waals surface area contributed by atoms with Crippen LogP contribution in [0.15, 0.2) is 36.4 Å². The van der Waals surface area contributed by atoms with Crippen LogP contribution in [-0.2, 0) is 0 Å². The Kier molecular flexibility index (Phi) is 3.79. The molecule has 0 fully saturated rings. The van der Waals surface area contributed by atoms with Gasteiger partial charge in [-0.2, -0.15) is 0 Å². The van der Waals surface area contributed by atoms with Crippen LogP contribution in [0.1, 0.15) is 10.5 Å². The fourth-order valence-electron chi connectivity index (χ4n) is 1.31. The lowest BCUT2D eigenvalue weighted by Gasteiger charge is -2.06. The van der Waals surface area contributed by atoms with Gasteiger partial charge in [-0.05, 0) is 30.3 Å². The molecule has 0 unspecified atom stereocenters. The van der Waals surface area contributed by atoms with Gasteiger partial charge < -0.3 is 5.32 Å². The van der Waals surface area contributed by atoms with E-state index in [-0.39, 0.29) is 16.5 Å². The number of pyridine rings is 1. The molecule has 2 rings (SSSR count). The van der Waals surface area contributed by atoms with Crippen LogP contribution in [-0.4, -0.2) is 10.9 Å². The minimum atomic E-state index is -0.574. The van der Waals surface area contributed by atoms with Crippen molar-refractivity contribution in [3.05, 3.63) is 58.1 Å². The topological polar surface area (TPSA) is 42.0 Å². The Morgan fingerprint density at radius 2 is 2.00 bits per heavy atom. The standard InChI is InChI=1S/C12H7Cl2FN2O/c13-7-4-5-8(15)10(6-7)17-12(18)9-2-1-3-11(14)16-9/h1-6H,(H,17,18). The van der Waals surface area contributed by atoms with Gasteiger partial charge in [0, 0.05) is 5.02 Å². The molecule has 1 amide bonds. The van der Waals surface area contributed by atoms with Crippen LogP contribution in [0.5, 0.6) is 0 Å². The number of benzene rings is 1. The van der Waals surface area contributed by atoms with E-state index in [4.69, 9.17) is 23.2 Å². The van der Waals surface area contributed by atoms with E-state index in [1.54, 1.807) is 6.07 Å². The lowest BCUT2D eigenvalue weighted by atomic mass is 10.3. The van der Waals surface area contributed by atoms with Gasteiger partial charge in [-0.25, -0.2) is 9.37 Å². The number of halogens is 3. The first-order chi connectivity index (χ1) is 8.56. The Morgan fingerprint density at radius 1 is 1.22 bits per heavy atom. The first kappa shape index (κ1) is 12.8. The summed E-state index contributed by atoms with van der Waals surface area (Å²) >= 11 is 11.4. The molecule has 1 heterocycles. The molecule has 0 spiro atoms. The van der Waals surface area contributed by atoms with Crippen molar-refractivity contribution in [2.75, 3.05) is 5.32 Å². The van der Waals surface area contributed by atoms with E-state index in [2.05, 4.69) is 10.3 Å². The molecule has 1 aromatic carbocycles. The Morgan fingerprint density at radius 3 is 2.72 bits per heavy atom. The van der Waals surface area contributed by atoms with Gasteiger partial charge in [-0.15, -0.1) is 0 Å². The molecule has 0 atom stereocenters. The highest BCUT2D eigenvalue weighted by Crippen LogP contribution is 2.20. The third-order valence-corrected chi connectivity index (χ3v) is 2.57. The van der Waals surface area contributed by atoms with Gasteiger partial charge in [-0.1, -0.05) is 29.3 Å². The van der Waals surface area contributed by atoms with E-state index in [1.807, 2.05) is 0 Å². The fourth-order valence-corrected chi connectivity index (χ4v) is 1.65. The second-order valence-electron chi connectivity index (χ2n) is 3.42. The van der Waals surface area contributed by atoms with Crippen molar-refractivity contribution in [1.82, 2.24) is 4.98 Å². The van der Waals surface area contributed by atoms with Crippen LogP contribution in [0, 0.1) is 5.82 Å². The van der Waals surface area contributed by atoms with Crippen LogP contribution in [0.3, 0.4) is 0 Å². The van der Waals surface area contributed by atoms with Crippen molar-refractivity contribution in [3.63, 3.8) is 0 Å². The van der Waals surface area contributed by atoms with E-state index in [0.717, 1.165) is 0 Å². The summed E-state index contributed by atoms with van der Waals surface area (Å²) in [5.74, 6) is -1.13. The quantitative estimate of drug-likeness (QED) is 0.853. The Hall–Kier alpha value is -1.65. The first-order valence-corrected chi connectivity index (χ1v) is 5.71. The molecular weight excluding hydrogens is 278 g/mol. The summed E-state index contributed by atoms with van der Waals surface area (Å²) < 4.78 is 13.4. The number of amides is 1. The zero-order valence-corrected chi connectivity index (χ0v) is 10.5. The highest BCUT2D eigenvalue weighted by molar-refractivity contribution is 6.31. The molecule has 1 aromatic heterocycles. The minimum Gasteiger partial charge on any atom is -0.318 e. The highest BCUT2D eigenvalue weighted by Gasteiger charge is 2.11. The Bertz CT molecular complexity index is 604. The van der Waals surface area contributed by atoms with E-state index in [0.29, 0.717) is 5.02 Å². The van der Waals surface area contributed by atoms with Gasteiger partial charge in [0.25, 0.3) is 5.91 Å². The average molecular weight is 285 g/mol. The molecule has 0 radical (unpaired) electrons. The summed E-state index contributed by atoms with van der Waals surface area (Å²) in [6.45, 7) is 0. The van der Waals surface area contributed by atoms with Crippen molar-refractivity contribution in [1.29, 1.82) is 0 Å². The van der Waals surface area contributed by atoms with Crippen LogP contribution in [0.4, 0.5) is 10.1 Å². The summed E-state index contributed by atoms with van der Waals surface area (Å²) in [7, 11) is 0. The predicted molar refractivity (Wildman–Crippen MR) is 68.6 cm³/mol. The third kappa shape index (κ3) is 2.97. The zero-order valence-electron chi connectivity index (χ0n) is 8.95. The number of nitrogens with one attached hydrogen (secondary N) is 1. The maximum Gasteiger partial charge on any atom is 0.274 e. The van der Waals surface area contributed by atoms with Crippen LogP contribution in [0.2, 0.25) is 10.2 Å². The smallest absolute Gasteiger partial charge is 0.274 e. The number of aromatic nitrogens is 1. The summed E-state index contributed by atoms with van der Waals surface area (Å²) in [5.41, 5.74) is 0.0937. The molecule has 1 N–H and O–H groups in total. The van der Waals surface area contributed by atoms with Crippen LogP contribution in [0.25, 0.3) is 0 Å². The van der Waals surface area contributed by atoms with Gasteiger partial charge in [0.05, 0.1) is 5.69 Å². The number of hydrogen-bond acceptors (Lipinski definition) is 2. The molecule has 3 nitrogen and oxygen atoms in total. The largest absolute Gasteiger partial charge is 0.318 e. The molecule has 0 saturated heterocycles. The van der Waals surface area contributed by atoms with Crippen molar-refractivity contribution in [3.8, 4) is 0 Å². The van der Waals surface area contributed by atoms with Gasteiger partial charge >= 0.3 is 0 Å². The molecule has 2 aromatic rings. The summed E-state index contributed by atoms with van der Waals surface area (Å²) in [6.07, 6.45) is 0. The molecule has 0 aliphatic carbocycles. The fraction of sp³-hybridized carbons (Fsp3) is 0. The molecule has 0 saturated carbocycles. The predicted octanol–water partition coefficient (Wildman–Crippen LogP) is 3.78. The zero-order chi connectivity index (χ0) is 13.1. The maximum absolute atomic E-state index is 13.4. The number of rotatable bonds is 2. The minimum absolute atomic E-state index is 0.00530. The number of carbonyl (C=O) groups excluding carboxylic acids is 1. The monoisotopic (exact) mass is 284 g/mol. The molecular formula is C12H7Cl2FN2O. The maximum atomic E-state index is 13.4. The van der Waals surface area contributed by atoms with Crippen LogP contribution >= 0.6 is 23.2 Å². The number of nitrogens with zero attached hydrogens (tertiary/aromatic N) is 1. The van der Waals surface area contributed by atoms with E-state index < -0.39 is 11.7 Å². The molecule has 6 heteroatoms. The molecule has 18 heavy (non-hydrogen) atoms. The van der Waals surface area contributed by atoms with Crippen molar-refractivity contribution >= 4 is 34.8 Å². The second kappa shape index (κ2) is 5.33. The second-order valence-corrected chi connectivity index (χ2v) is 4.25. The van der Waals surface area contributed by atoms with E-state index in [1.165, 1.54) is 30.3 Å². The van der Waals surface area contributed by atoms with Crippen LogP contribution < -0.4 is 5.32 Å². The third-order valence-electron chi connectivity index (χ3n) is 2.12. The summed E-state index contributed by atoms with van der Waals surface area (Å²) in [4.78, 5) is 15.6. The van der Waals surface area contributed by atoms with E-state index in [9.17, 15) is 9.18 Å². The number of anilines is 1. The average Bonchev–Trinajstić information content (AvgIpc) is 2.34. The molecule has 0 aliphatic rings. The van der Waals surface area contributed by atoms with Gasteiger partial charge in [0.1, 0.15) is 16.7 Å². The highest BCUT2D eigenvalue weighted by atomic mass is 35.5. The number of hydrogen-bond donors (Lipinski definition) is 1.